The maximum atomic E-state index is 13.0. The maximum Gasteiger partial charge on any atom is 0.303 e. The maximum absolute atomic E-state index is 13.0. The molecule has 1 aliphatic heterocycles. The van der Waals surface area contributed by atoms with Crippen molar-refractivity contribution in [1.29, 1.82) is 0 Å². The second-order valence-electron chi connectivity index (χ2n) is 8.11. The van der Waals surface area contributed by atoms with Crippen molar-refractivity contribution < 1.29 is 19.5 Å². The molecule has 1 fully saturated rings. The van der Waals surface area contributed by atoms with Crippen LogP contribution >= 0.6 is 0 Å². The fraction of sp³-hybridized carbons (Fsp3) is 0.409. The molecule has 2 amide bonds. The number of carboxylic acid groups (broad SMARTS) is 1. The smallest absolute Gasteiger partial charge is 0.303 e. The second kappa shape index (κ2) is 8.00. The number of carbonyl (C=O) groups excluding carboxylic acids is 2. The fourth-order valence-electron chi connectivity index (χ4n) is 3.73. The van der Waals surface area contributed by atoms with Gasteiger partial charge in [0, 0.05) is 38.2 Å². The van der Waals surface area contributed by atoms with Gasteiger partial charge < -0.3 is 14.9 Å². The number of amides is 2. The Bertz CT molecular complexity index is 893. The van der Waals surface area contributed by atoms with Crippen LogP contribution in [0.4, 0.5) is 0 Å². The van der Waals surface area contributed by atoms with E-state index in [-0.39, 0.29) is 24.7 Å². The van der Waals surface area contributed by atoms with E-state index in [0.717, 1.165) is 10.8 Å². The Labute approximate surface area is 164 Å². The highest BCUT2D eigenvalue weighted by Crippen LogP contribution is 2.26. The number of carboxylic acids is 1. The Morgan fingerprint density at radius 1 is 0.893 bits per heavy atom. The molecule has 0 unspecified atom stereocenters. The highest BCUT2D eigenvalue weighted by atomic mass is 16.4. The molecular formula is C22H26N2O4. The number of aliphatic carboxylic acids is 1. The van der Waals surface area contributed by atoms with E-state index in [1.807, 2.05) is 42.5 Å². The first-order valence-corrected chi connectivity index (χ1v) is 9.53. The van der Waals surface area contributed by atoms with Crippen LogP contribution in [-0.4, -0.2) is 58.9 Å². The minimum Gasteiger partial charge on any atom is -0.481 e. The van der Waals surface area contributed by atoms with Crippen LogP contribution in [0, 0.1) is 5.41 Å². The molecular weight excluding hydrogens is 356 g/mol. The molecule has 2 aromatic carbocycles. The van der Waals surface area contributed by atoms with Crippen LogP contribution in [0.1, 0.15) is 37.0 Å². The summed E-state index contributed by atoms with van der Waals surface area (Å²) >= 11 is 0. The molecule has 1 N–H and O–H groups in total. The summed E-state index contributed by atoms with van der Waals surface area (Å²) in [5.74, 6) is -0.970. The van der Waals surface area contributed by atoms with Crippen molar-refractivity contribution in [1.82, 2.24) is 9.80 Å². The van der Waals surface area contributed by atoms with E-state index in [4.69, 9.17) is 5.11 Å². The van der Waals surface area contributed by atoms with Crippen molar-refractivity contribution in [2.45, 2.75) is 26.7 Å². The summed E-state index contributed by atoms with van der Waals surface area (Å²) < 4.78 is 0. The number of benzene rings is 2. The van der Waals surface area contributed by atoms with Gasteiger partial charge in [0.1, 0.15) is 0 Å². The monoisotopic (exact) mass is 382 g/mol. The Balaban J connectivity index is 1.63. The predicted molar refractivity (Wildman–Crippen MR) is 107 cm³/mol. The van der Waals surface area contributed by atoms with E-state index in [1.54, 1.807) is 23.6 Å². The minimum absolute atomic E-state index is 0.0184. The fourth-order valence-corrected chi connectivity index (χ4v) is 3.73. The van der Waals surface area contributed by atoms with Gasteiger partial charge in [-0.25, -0.2) is 0 Å². The van der Waals surface area contributed by atoms with Gasteiger partial charge in [-0.15, -0.1) is 0 Å². The van der Waals surface area contributed by atoms with Crippen LogP contribution in [0.15, 0.2) is 42.5 Å². The average molecular weight is 382 g/mol. The number of nitrogens with zero attached hydrogens (tertiary/aromatic N) is 2. The Morgan fingerprint density at radius 2 is 1.50 bits per heavy atom. The summed E-state index contributed by atoms with van der Waals surface area (Å²) in [6, 6.07) is 13.5. The van der Waals surface area contributed by atoms with Gasteiger partial charge in [-0.2, -0.15) is 0 Å². The molecule has 148 valence electrons. The van der Waals surface area contributed by atoms with Crippen LogP contribution in [-0.2, 0) is 9.59 Å². The molecule has 0 aromatic heterocycles. The number of carbonyl (C=O) groups is 3. The zero-order chi connectivity index (χ0) is 20.3. The SMILES string of the molecule is CC(C)(CC(=O)O)CC(=O)N1CCN(C(=O)c2cccc3ccccc23)CC1. The summed E-state index contributed by atoms with van der Waals surface area (Å²) in [7, 11) is 0. The van der Waals surface area contributed by atoms with Gasteiger partial charge in [-0.05, 0) is 22.3 Å². The number of rotatable bonds is 5. The Morgan fingerprint density at radius 3 is 2.18 bits per heavy atom. The lowest BCUT2D eigenvalue weighted by molar-refractivity contribution is -0.141. The third-order valence-corrected chi connectivity index (χ3v) is 5.20. The van der Waals surface area contributed by atoms with E-state index < -0.39 is 11.4 Å². The van der Waals surface area contributed by atoms with Gasteiger partial charge in [0.25, 0.3) is 5.91 Å². The van der Waals surface area contributed by atoms with E-state index in [0.29, 0.717) is 31.7 Å². The Hall–Kier alpha value is -2.89. The number of fused-ring (bicyclic) bond motifs is 1. The third kappa shape index (κ3) is 4.50. The first kappa shape index (κ1) is 19.9. The molecule has 1 saturated heterocycles. The van der Waals surface area contributed by atoms with Crippen LogP contribution in [0.25, 0.3) is 10.8 Å². The lowest BCUT2D eigenvalue weighted by Gasteiger charge is -2.36. The lowest BCUT2D eigenvalue weighted by Crippen LogP contribution is -2.51. The minimum atomic E-state index is -0.900. The van der Waals surface area contributed by atoms with Gasteiger partial charge in [-0.3, -0.25) is 14.4 Å². The lowest BCUT2D eigenvalue weighted by atomic mass is 9.85. The molecule has 6 nitrogen and oxygen atoms in total. The summed E-state index contributed by atoms with van der Waals surface area (Å²) in [6.45, 7) is 5.48. The Kier molecular flexibility index (Phi) is 5.68. The summed E-state index contributed by atoms with van der Waals surface area (Å²) in [4.78, 5) is 40.0. The van der Waals surface area contributed by atoms with Gasteiger partial charge in [0.15, 0.2) is 0 Å². The van der Waals surface area contributed by atoms with E-state index in [1.165, 1.54) is 0 Å². The molecule has 1 aliphatic rings. The molecule has 0 aliphatic carbocycles. The largest absolute Gasteiger partial charge is 0.481 e. The van der Waals surface area contributed by atoms with Gasteiger partial charge >= 0.3 is 5.97 Å². The molecule has 0 radical (unpaired) electrons. The van der Waals surface area contributed by atoms with Gasteiger partial charge in [0.05, 0.1) is 6.42 Å². The second-order valence-corrected chi connectivity index (χ2v) is 8.11. The van der Waals surface area contributed by atoms with Gasteiger partial charge in [0.2, 0.25) is 5.91 Å². The first-order chi connectivity index (χ1) is 13.3. The highest BCUT2D eigenvalue weighted by Gasteiger charge is 2.30. The van der Waals surface area contributed by atoms with Crippen molar-refractivity contribution in [3.63, 3.8) is 0 Å². The van der Waals surface area contributed by atoms with E-state index >= 15 is 0 Å². The molecule has 0 spiro atoms. The van der Waals surface area contributed by atoms with E-state index in [9.17, 15) is 14.4 Å². The van der Waals surface area contributed by atoms with Crippen molar-refractivity contribution in [3.05, 3.63) is 48.0 Å². The van der Waals surface area contributed by atoms with Crippen molar-refractivity contribution in [2.24, 2.45) is 5.41 Å². The first-order valence-electron chi connectivity index (χ1n) is 9.53. The molecule has 0 atom stereocenters. The van der Waals surface area contributed by atoms with Crippen molar-refractivity contribution >= 4 is 28.6 Å². The van der Waals surface area contributed by atoms with Gasteiger partial charge in [-0.1, -0.05) is 50.2 Å². The zero-order valence-electron chi connectivity index (χ0n) is 16.4. The molecule has 6 heteroatoms. The van der Waals surface area contributed by atoms with Crippen LogP contribution in [0.3, 0.4) is 0 Å². The molecule has 2 aromatic rings. The molecule has 28 heavy (non-hydrogen) atoms. The molecule has 1 heterocycles. The molecule has 0 bridgehead atoms. The standard InChI is InChI=1S/C22H26N2O4/c1-22(2,15-20(26)27)14-19(25)23-10-12-24(13-11-23)21(28)18-9-5-7-16-6-3-4-8-17(16)18/h3-9H,10-15H2,1-2H3,(H,26,27). The van der Waals surface area contributed by atoms with E-state index in [2.05, 4.69) is 0 Å². The summed E-state index contributed by atoms with van der Waals surface area (Å²) in [5.41, 5.74) is 0.0965. The van der Waals surface area contributed by atoms with Crippen LogP contribution in [0.2, 0.25) is 0 Å². The average Bonchev–Trinajstić information content (AvgIpc) is 2.65. The quantitative estimate of drug-likeness (QED) is 0.862. The summed E-state index contributed by atoms with van der Waals surface area (Å²) in [5, 5.41) is 10.9. The van der Waals surface area contributed by atoms with Crippen LogP contribution < -0.4 is 0 Å². The highest BCUT2D eigenvalue weighted by molar-refractivity contribution is 6.07. The molecule has 3 rings (SSSR count). The van der Waals surface area contributed by atoms with Crippen molar-refractivity contribution in [2.75, 3.05) is 26.2 Å². The molecule has 0 saturated carbocycles. The summed E-state index contributed by atoms with van der Waals surface area (Å²) in [6.07, 6.45) is 0.148. The zero-order valence-corrected chi connectivity index (χ0v) is 16.4. The predicted octanol–water partition coefficient (Wildman–Crippen LogP) is 3.02. The van der Waals surface area contributed by atoms with Crippen molar-refractivity contribution in [3.8, 4) is 0 Å². The van der Waals surface area contributed by atoms with Crippen LogP contribution in [0.5, 0.6) is 0 Å². The topological polar surface area (TPSA) is 77.9 Å². The number of piperazine rings is 1. The number of hydrogen-bond donors (Lipinski definition) is 1. The number of hydrogen-bond acceptors (Lipinski definition) is 3. The normalized spacial score (nSPS) is 14.9. The third-order valence-electron chi connectivity index (χ3n) is 5.20.